The molecule has 0 heterocycles. The molecule has 6 heteroatoms. The normalized spacial score (nSPS) is 11.6. The summed E-state index contributed by atoms with van der Waals surface area (Å²) in [4.78, 5) is 14.1. The summed E-state index contributed by atoms with van der Waals surface area (Å²) in [6.07, 6.45) is 0. The number of amides is 1. The van der Waals surface area contributed by atoms with Gasteiger partial charge >= 0.3 is 0 Å². The van der Waals surface area contributed by atoms with Crippen LogP contribution in [-0.2, 0) is 14.8 Å². The Bertz CT molecular complexity index is 921. The van der Waals surface area contributed by atoms with Gasteiger partial charge < -0.3 is 4.90 Å². The molecule has 0 aromatic heterocycles. The minimum absolute atomic E-state index is 0.117. The number of hydrogen-bond donors (Lipinski definition) is 1. The van der Waals surface area contributed by atoms with Crippen LogP contribution in [0.3, 0.4) is 0 Å². The Morgan fingerprint density at radius 1 is 1.11 bits per heavy atom. The molecule has 0 atom stereocenters. The van der Waals surface area contributed by atoms with E-state index in [9.17, 15) is 13.2 Å². The molecule has 1 amide bonds. The lowest BCUT2D eigenvalue weighted by molar-refractivity contribution is -0.116. The molecular weight excluding hydrogens is 360 g/mol. The number of carbonyl (C=O) groups is 1. The Labute approximate surface area is 162 Å². The molecule has 2 aromatic rings. The second-order valence-electron chi connectivity index (χ2n) is 7.05. The van der Waals surface area contributed by atoms with Crippen molar-refractivity contribution in [1.82, 2.24) is 4.72 Å². The summed E-state index contributed by atoms with van der Waals surface area (Å²) in [5.74, 6) is 0.142. The topological polar surface area (TPSA) is 66.5 Å². The van der Waals surface area contributed by atoms with E-state index in [1.807, 2.05) is 37.3 Å². The molecular formula is C21H28N2O3S. The third kappa shape index (κ3) is 5.17. The van der Waals surface area contributed by atoms with Gasteiger partial charge in [-0.05, 0) is 43.0 Å². The Kier molecular flexibility index (Phi) is 6.78. The lowest BCUT2D eigenvalue weighted by Gasteiger charge is -2.25. The van der Waals surface area contributed by atoms with Gasteiger partial charge in [-0.25, -0.2) is 13.1 Å². The van der Waals surface area contributed by atoms with Crippen molar-refractivity contribution in [2.24, 2.45) is 0 Å². The number of para-hydroxylation sites is 1. The van der Waals surface area contributed by atoms with Gasteiger partial charge in [0.1, 0.15) is 0 Å². The van der Waals surface area contributed by atoms with Gasteiger partial charge in [0, 0.05) is 25.7 Å². The molecule has 5 nitrogen and oxygen atoms in total. The fraction of sp³-hybridized carbons (Fsp3) is 0.381. The van der Waals surface area contributed by atoms with E-state index in [-0.39, 0.29) is 29.8 Å². The van der Waals surface area contributed by atoms with E-state index in [1.54, 1.807) is 24.0 Å². The number of carbonyl (C=O) groups excluding carboxylic acids is 1. The smallest absolute Gasteiger partial charge is 0.240 e. The monoisotopic (exact) mass is 388 g/mol. The number of nitrogens with one attached hydrogen (secondary N) is 1. The van der Waals surface area contributed by atoms with Crippen molar-refractivity contribution < 1.29 is 13.2 Å². The molecule has 2 rings (SSSR count). The number of nitrogens with zero attached hydrogens (tertiary/aromatic N) is 1. The van der Waals surface area contributed by atoms with Crippen LogP contribution < -0.4 is 9.62 Å². The highest BCUT2D eigenvalue weighted by Crippen LogP contribution is 2.27. The largest absolute Gasteiger partial charge is 0.311 e. The van der Waals surface area contributed by atoms with Crippen molar-refractivity contribution in [3.8, 4) is 0 Å². The van der Waals surface area contributed by atoms with Crippen LogP contribution in [0.2, 0.25) is 0 Å². The molecule has 0 aliphatic carbocycles. The van der Waals surface area contributed by atoms with Crippen molar-refractivity contribution >= 4 is 21.6 Å². The van der Waals surface area contributed by atoms with Gasteiger partial charge in [0.25, 0.3) is 0 Å². The molecule has 27 heavy (non-hydrogen) atoms. The van der Waals surface area contributed by atoms with Gasteiger partial charge in [-0.15, -0.1) is 0 Å². The maximum Gasteiger partial charge on any atom is 0.240 e. The minimum atomic E-state index is -3.63. The summed E-state index contributed by atoms with van der Waals surface area (Å²) in [7, 11) is -3.63. The van der Waals surface area contributed by atoms with Crippen molar-refractivity contribution in [3.05, 3.63) is 59.2 Å². The van der Waals surface area contributed by atoms with Crippen molar-refractivity contribution in [2.45, 2.75) is 45.4 Å². The molecule has 0 unspecified atom stereocenters. The van der Waals surface area contributed by atoms with E-state index in [0.717, 1.165) is 16.8 Å². The molecule has 0 aliphatic rings. The molecule has 146 valence electrons. The summed E-state index contributed by atoms with van der Waals surface area (Å²) in [6.45, 7) is 9.75. The lowest BCUT2D eigenvalue weighted by atomic mass is 10.0. The Balaban J connectivity index is 2.17. The van der Waals surface area contributed by atoms with E-state index in [4.69, 9.17) is 0 Å². The zero-order chi connectivity index (χ0) is 20.2. The third-order valence-corrected chi connectivity index (χ3v) is 6.10. The predicted molar refractivity (Wildman–Crippen MR) is 110 cm³/mol. The van der Waals surface area contributed by atoms with E-state index in [1.165, 1.54) is 6.92 Å². The van der Waals surface area contributed by atoms with Crippen LogP contribution in [0.25, 0.3) is 0 Å². The SMILES string of the molecule is CC(=O)N(CCNS(=O)(=O)c1ccc(C)cc1C)c1ccccc1C(C)C. The first-order chi connectivity index (χ1) is 12.6. The zero-order valence-electron chi connectivity index (χ0n) is 16.6. The van der Waals surface area contributed by atoms with Crippen LogP contribution in [-0.4, -0.2) is 27.4 Å². The maximum atomic E-state index is 12.6. The summed E-state index contributed by atoms with van der Waals surface area (Å²) >= 11 is 0. The number of rotatable bonds is 7. The fourth-order valence-corrected chi connectivity index (χ4v) is 4.39. The number of anilines is 1. The van der Waals surface area contributed by atoms with E-state index in [0.29, 0.717) is 5.56 Å². The van der Waals surface area contributed by atoms with Crippen LogP contribution in [0, 0.1) is 13.8 Å². The van der Waals surface area contributed by atoms with Crippen LogP contribution in [0.4, 0.5) is 5.69 Å². The van der Waals surface area contributed by atoms with E-state index >= 15 is 0 Å². The number of aryl methyl sites for hydroxylation is 2. The molecule has 0 bridgehead atoms. The second-order valence-corrected chi connectivity index (χ2v) is 8.79. The van der Waals surface area contributed by atoms with Gasteiger partial charge in [0.15, 0.2) is 0 Å². The van der Waals surface area contributed by atoms with Crippen molar-refractivity contribution in [3.63, 3.8) is 0 Å². The Hall–Kier alpha value is -2.18. The van der Waals surface area contributed by atoms with Crippen LogP contribution in [0.1, 0.15) is 43.4 Å². The summed E-state index contributed by atoms with van der Waals surface area (Å²) in [5.41, 5.74) is 3.60. The highest BCUT2D eigenvalue weighted by molar-refractivity contribution is 7.89. The average molecular weight is 389 g/mol. The molecule has 0 spiro atoms. The molecule has 0 saturated carbocycles. The van der Waals surface area contributed by atoms with E-state index in [2.05, 4.69) is 18.6 Å². The van der Waals surface area contributed by atoms with Gasteiger partial charge in [0.2, 0.25) is 15.9 Å². The number of sulfonamides is 1. The summed E-state index contributed by atoms with van der Waals surface area (Å²) in [6, 6.07) is 13.0. The van der Waals surface area contributed by atoms with Gasteiger partial charge in [-0.2, -0.15) is 0 Å². The summed E-state index contributed by atoms with van der Waals surface area (Å²) < 4.78 is 27.8. The molecule has 2 aromatic carbocycles. The second kappa shape index (κ2) is 8.67. The van der Waals surface area contributed by atoms with Gasteiger partial charge in [-0.1, -0.05) is 49.7 Å². The van der Waals surface area contributed by atoms with E-state index < -0.39 is 10.0 Å². The first-order valence-corrected chi connectivity index (χ1v) is 10.6. The minimum Gasteiger partial charge on any atom is -0.311 e. The van der Waals surface area contributed by atoms with Crippen molar-refractivity contribution in [1.29, 1.82) is 0 Å². The zero-order valence-corrected chi connectivity index (χ0v) is 17.4. The molecule has 0 radical (unpaired) electrons. The van der Waals surface area contributed by atoms with Crippen LogP contribution >= 0.6 is 0 Å². The van der Waals surface area contributed by atoms with Crippen molar-refractivity contribution in [2.75, 3.05) is 18.0 Å². The quantitative estimate of drug-likeness (QED) is 0.785. The van der Waals surface area contributed by atoms with Crippen LogP contribution in [0.15, 0.2) is 47.4 Å². The standard InChI is InChI=1S/C21H28N2O3S/c1-15(2)19-8-6-7-9-20(19)23(18(5)24)13-12-22-27(25,26)21-11-10-16(3)14-17(21)4/h6-11,14-15,22H,12-13H2,1-5H3. The highest BCUT2D eigenvalue weighted by Gasteiger charge is 2.20. The third-order valence-electron chi connectivity index (χ3n) is 4.48. The predicted octanol–water partition coefficient (Wildman–Crippen LogP) is 3.76. The fourth-order valence-electron chi connectivity index (χ4n) is 3.14. The van der Waals surface area contributed by atoms with Gasteiger partial charge in [0.05, 0.1) is 4.90 Å². The maximum absolute atomic E-state index is 12.6. The summed E-state index contributed by atoms with van der Waals surface area (Å²) in [5, 5.41) is 0. The first-order valence-electron chi connectivity index (χ1n) is 9.07. The number of hydrogen-bond acceptors (Lipinski definition) is 3. The molecule has 0 saturated heterocycles. The molecule has 0 fully saturated rings. The van der Waals surface area contributed by atoms with Crippen LogP contribution in [0.5, 0.6) is 0 Å². The first kappa shape index (κ1) is 21.1. The lowest BCUT2D eigenvalue weighted by Crippen LogP contribution is -2.38. The molecule has 1 N–H and O–H groups in total. The molecule has 0 aliphatic heterocycles. The Morgan fingerprint density at radius 2 is 1.78 bits per heavy atom. The number of benzene rings is 2. The average Bonchev–Trinajstić information content (AvgIpc) is 2.58. The highest BCUT2D eigenvalue weighted by atomic mass is 32.2. The van der Waals surface area contributed by atoms with Gasteiger partial charge in [-0.3, -0.25) is 4.79 Å². The Morgan fingerprint density at radius 3 is 2.37 bits per heavy atom.